The molecule has 0 aliphatic heterocycles. The first-order valence-electron chi connectivity index (χ1n) is 8.61. The van der Waals surface area contributed by atoms with Crippen LogP contribution in [-0.2, 0) is 12.8 Å². The van der Waals surface area contributed by atoms with Gasteiger partial charge in [-0.2, -0.15) is 0 Å². The highest BCUT2D eigenvalue weighted by molar-refractivity contribution is 5.26. The first-order valence-corrected chi connectivity index (χ1v) is 8.61. The van der Waals surface area contributed by atoms with Crippen LogP contribution in [0.4, 0.5) is 8.78 Å². The third-order valence-electron chi connectivity index (χ3n) is 5.11. The normalized spacial score (nSPS) is 22.5. The minimum Gasteiger partial charge on any atom is -0.203 e. The summed E-state index contributed by atoms with van der Waals surface area (Å²) < 4.78 is 27.8. The van der Waals surface area contributed by atoms with Crippen LogP contribution >= 0.6 is 0 Å². The smallest absolute Gasteiger partial charge is 0.162 e. The SMILES string of the molecule is CCCC1CCC(CCc2ccc(CC)c(F)c2F)CC1. The van der Waals surface area contributed by atoms with E-state index in [1.54, 1.807) is 12.1 Å². The van der Waals surface area contributed by atoms with Crippen LogP contribution in [-0.4, -0.2) is 0 Å². The Balaban J connectivity index is 1.85. The molecule has 118 valence electrons. The van der Waals surface area contributed by atoms with Crippen molar-refractivity contribution in [3.63, 3.8) is 0 Å². The van der Waals surface area contributed by atoms with Gasteiger partial charge >= 0.3 is 0 Å². The molecule has 0 bridgehead atoms. The molecule has 0 unspecified atom stereocenters. The molecule has 0 N–H and O–H groups in total. The molecule has 1 aromatic rings. The lowest BCUT2D eigenvalue weighted by molar-refractivity contribution is 0.251. The van der Waals surface area contributed by atoms with Crippen molar-refractivity contribution in [3.8, 4) is 0 Å². The predicted molar refractivity (Wildman–Crippen MR) is 84.4 cm³/mol. The highest BCUT2D eigenvalue weighted by Crippen LogP contribution is 2.34. The van der Waals surface area contributed by atoms with Crippen molar-refractivity contribution in [2.45, 2.75) is 71.6 Å². The van der Waals surface area contributed by atoms with Crippen LogP contribution in [0.25, 0.3) is 0 Å². The Labute approximate surface area is 128 Å². The van der Waals surface area contributed by atoms with Crippen molar-refractivity contribution in [3.05, 3.63) is 34.9 Å². The highest BCUT2D eigenvalue weighted by atomic mass is 19.2. The molecule has 0 nitrogen and oxygen atoms in total. The zero-order chi connectivity index (χ0) is 15.2. The Morgan fingerprint density at radius 1 is 0.857 bits per heavy atom. The van der Waals surface area contributed by atoms with Gasteiger partial charge < -0.3 is 0 Å². The maximum absolute atomic E-state index is 14.0. The number of benzene rings is 1. The van der Waals surface area contributed by atoms with Crippen LogP contribution in [0.15, 0.2) is 12.1 Å². The number of rotatable bonds is 6. The molecular formula is C19H28F2. The second-order valence-electron chi connectivity index (χ2n) is 6.58. The minimum absolute atomic E-state index is 0.483. The maximum atomic E-state index is 14.0. The second kappa shape index (κ2) is 7.91. The van der Waals surface area contributed by atoms with E-state index < -0.39 is 11.6 Å². The Morgan fingerprint density at radius 3 is 1.95 bits per heavy atom. The Kier molecular flexibility index (Phi) is 6.20. The molecule has 0 aromatic heterocycles. The first-order chi connectivity index (χ1) is 10.2. The van der Waals surface area contributed by atoms with Gasteiger partial charge in [0, 0.05) is 0 Å². The van der Waals surface area contributed by atoms with Gasteiger partial charge in [-0.3, -0.25) is 0 Å². The summed E-state index contributed by atoms with van der Waals surface area (Å²) in [6.45, 7) is 4.11. The van der Waals surface area contributed by atoms with Gasteiger partial charge in [0.25, 0.3) is 0 Å². The van der Waals surface area contributed by atoms with E-state index in [9.17, 15) is 8.78 Å². The van der Waals surface area contributed by atoms with Crippen molar-refractivity contribution >= 4 is 0 Å². The second-order valence-corrected chi connectivity index (χ2v) is 6.58. The van der Waals surface area contributed by atoms with E-state index in [1.165, 1.54) is 38.5 Å². The van der Waals surface area contributed by atoms with Gasteiger partial charge in [-0.25, -0.2) is 8.78 Å². The van der Waals surface area contributed by atoms with Crippen LogP contribution < -0.4 is 0 Å². The lowest BCUT2D eigenvalue weighted by atomic mass is 9.78. The summed E-state index contributed by atoms with van der Waals surface area (Å²) in [7, 11) is 0. The van der Waals surface area contributed by atoms with E-state index in [0.29, 0.717) is 29.9 Å². The molecule has 1 aromatic carbocycles. The van der Waals surface area contributed by atoms with Crippen molar-refractivity contribution in [1.82, 2.24) is 0 Å². The third kappa shape index (κ3) is 4.28. The standard InChI is InChI=1S/C19H28F2/c1-3-5-14-6-8-15(9-7-14)10-11-17-13-12-16(4-2)18(20)19(17)21/h12-15H,3-11H2,1-2H3. The van der Waals surface area contributed by atoms with Crippen LogP contribution in [0.2, 0.25) is 0 Å². The summed E-state index contributed by atoms with van der Waals surface area (Å²) in [4.78, 5) is 0. The molecule has 0 atom stereocenters. The molecule has 2 heteroatoms. The number of halogens is 2. The summed E-state index contributed by atoms with van der Waals surface area (Å²) in [5.41, 5.74) is 1.04. The molecule has 1 saturated carbocycles. The summed E-state index contributed by atoms with van der Waals surface area (Å²) in [5.74, 6) is 0.353. The molecule has 1 aliphatic rings. The fourth-order valence-electron chi connectivity index (χ4n) is 3.67. The zero-order valence-electron chi connectivity index (χ0n) is 13.4. The quantitative estimate of drug-likeness (QED) is 0.597. The minimum atomic E-state index is -0.637. The number of hydrogen-bond acceptors (Lipinski definition) is 0. The Bertz CT molecular complexity index is 445. The van der Waals surface area contributed by atoms with Gasteiger partial charge in [0.15, 0.2) is 11.6 Å². The van der Waals surface area contributed by atoms with Crippen molar-refractivity contribution in [1.29, 1.82) is 0 Å². The van der Waals surface area contributed by atoms with Crippen molar-refractivity contribution in [2.24, 2.45) is 11.8 Å². The summed E-state index contributed by atoms with van der Waals surface area (Å²) in [6, 6.07) is 3.52. The molecular weight excluding hydrogens is 266 g/mol. The van der Waals surface area contributed by atoms with E-state index in [-0.39, 0.29) is 0 Å². The fraction of sp³-hybridized carbons (Fsp3) is 0.684. The largest absolute Gasteiger partial charge is 0.203 e. The molecule has 0 amide bonds. The van der Waals surface area contributed by atoms with E-state index >= 15 is 0 Å². The topological polar surface area (TPSA) is 0 Å². The van der Waals surface area contributed by atoms with Gasteiger partial charge in [0.1, 0.15) is 0 Å². The zero-order valence-corrected chi connectivity index (χ0v) is 13.4. The molecule has 0 heterocycles. The van der Waals surface area contributed by atoms with Crippen LogP contribution in [0.5, 0.6) is 0 Å². The lowest BCUT2D eigenvalue weighted by Crippen LogP contribution is -2.15. The Hall–Kier alpha value is -0.920. The predicted octanol–water partition coefficient (Wildman–Crippen LogP) is 6.07. The van der Waals surface area contributed by atoms with E-state index in [4.69, 9.17) is 0 Å². The molecule has 21 heavy (non-hydrogen) atoms. The van der Waals surface area contributed by atoms with Gasteiger partial charge in [-0.15, -0.1) is 0 Å². The van der Waals surface area contributed by atoms with Gasteiger partial charge in [-0.1, -0.05) is 64.5 Å². The highest BCUT2D eigenvalue weighted by Gasteiger charge is 2.21. The number of aryl methyl sites for hydroxylation is 2. The molecule has 0 spiro atoms. The first kappa shape index (κ1) is 16.5. The molecule has 2 rings (SSSR count). The van der Waals surface area contributed by atoms with Crippen LogP contribution in [0, 0.1) is 23.5 Å². The van der Waals surface area contributed by atoms with Gasteiger partial charge in [0.05, 0.1) is 0 Å². The van der Waals surface area contributed by atoms with Gasteiger partial charge in [0.2, 0.25) is 0 Å². The molecule has 0 radical (unpaired) electrons. The third-order valence-corrected chi connectivity index (χ3v) is 5.11. The molecule has 1 aliphatic carbocycles. The maximum Gasteiger partial charge on any atom is 0.162 e. The summed E-state index contributed by atoms with van der Waals surface area (Å²) in [6.07, 6.45) is 10.0. The van der Waals surface area contributed by atoms with Crippen LogP contribution in [0.3, 0.4) is 0 Å². The average Bonchev–Trinajstić information content (AvgIpc) is 2.50. The molecule has 0 saturated heterocycles. The molecule has 1 fully saturated rings. The average molecular weight is 294 g/mol. The monoisotopic (exact) mass is 294 g/mol. The van der Waals surface area contributed by atoms with Gasteiger partial charge in [-0.05, 0) is 42.2 Å². The van der Waals surface area contributed by atoms with E-state index in [1.807, 2.05) is 6.92 Å². The summed E-state index contributed by atoms with van der Waals surface area (Å²) in [5, 5.41) is 0. The van der Waals surface area contributed by atoms with Crippen molar-refractivity contribution < 1.29 is 8.78 Å². The van der Waals surface area contributed by atoms with E-state index in [2.05, 4.69) is 6.92 Å². The summed E-state index contributed by atoms with van der Waals surface area (Å²) >= 11 is 0. The number of hydrogen-bond donors (Lipinski definition) is 0. The van der Waals surface area contributed by atoms with E-state index in [0.717, 1.165) is 12.3 Å². The lowest BCUT2D eigenvalue weighted by Gasteiger charge is -2.28. The fourth-order valence-corrected chi connectivity index (χ4v) is 3.67. The van der Waals surface area contributed by atoms with Crippen LogP contribution in [0.1, 0.15) is 69.9 Å². The van der Waals surface area contributed by atoms with Crippen molar-refractivity contribution in [2.75, 3.05) is 0 Å². The Morgan fingerprint density at radius 2 is 1.38 bits per heavy atom.